The molecule has 308 valence electrons. The van der Waals surface area contributed by atoms with Gasteiger partial charge in [0.25, 0.3) is 0 Å². The summed E-state index contributed by atoms with van der Waals surface area (Å²) < 4.78 is 11.2. The molecule has 8 heteroatoms. The van der Waals surface area contributed by atoms with Crippen molar-refractivity contribution in [2.75, 3.05) is 13.2 Å². The molecule has 0 aromatic carbocycles. The molecule has 8 nitrogen and oxygen atoms in total. The van der Waals surface area contributed by atoms with E-state index in [2.05, 4.69) is 37.7 Å². The van der Waals surface area contributed by atoms with Crippen LogP contribution in [0.15, 0.2) is 5.11 Å². The summed E-state index contributed by atoms with van der Waals surface area (Å²) in [4.78, 5) is 26.9. The first-order valence-corrected chi connectivity index (χ1v) is 22.5. The standard InChI is InChI=1S/C22H43N3O2.C22H44O3/c1-3-5-7-9-10-11-12-14-16-18-22(26)27-21(19-20-24-25-23)17-15-13-8-6-4-2;1-3-5-7-9-10-11-12-14-16-18-22(24)25-21(19-20-23)17-15-13-8-6-4-2/h21H,3-20H2,1-2H3;21,23H,3-20H2,1-2H3/t2*21-/m11/s1. The van der Waals surface area contributed by atoms with E-state index in [1.807, 2.05) is 0 Å². The fourth-order valence-corrected chi connectivity index (χ4v) is 6.52. The number of aliphatic hydroxyl groups is 1. The van der Waals surface area contributed by atoms with Crippen molar-refractivity contribution in [3.8, 4) is 0 Å². The van der Waals surface area contributed by atoms with Crippen LogP contribution in [0.25, 0.3) is 10.4 Å². The van der Waals surface area contributed by atoms with Crippen molar-refractivity contribution in [1.29, 1.82) is 0 Å². The minimum Gasteiger partial charge on any atom is -0.462 e. The number of hydrogen-bond acceptors (Lipinski definition) is 6. The molecule has 0 aliphatic rings. The zero-order valence-electron chi connectivity index (χ0n) is 35.0. The first-order valence-electron chi connectivity index (χ1n) is 22.5. The predicted octanol–water partition coefficient (Wildman–Crippen LogP) is 14.4. The van der Waals surface area contributed by atoms with E-state index in [9.17, 15) is 9.59 Å². The van der Waals surface area contributed by atoms with Gasteiger partial charge < -0.3 is 14.6 Å². The lowest BCUT2D eigenvalue weighted by atomic mass is 10.1. The van der Waals surface area contributed by atoms with E-state index in [0.717, 1.165) is 51.4 Å². The Hall–Kier alpha value is -1.79. The number of hydrogen-bond donors (Lipinski definition) is 1. The first kappa shape index (κ1) is 52.3. The van der Waals surface area contributed by atoms with Crippen molar-refractivity contribution in [1.82, 2.24) is 0 Å². The van der Waals surface area contributed by atoms with E-state index < -0.39 is 0 Å². The second-order valence-electron chi connectivity index (χ2n) is 15.0. The van der Waals surface area contributed by atoms with Crippen molar-refractivity contribution in [2.45, 2.75) is 258 Å². The van der Waals surface area contributed by atoms with Gasteiger partial charge >= 0.3 is 11.9 Å². The third-order valence-corrected chi connectivity index (χ3v) is 9.89. The molecule has 0 aliphatic heterocycles. The van der Waals surface area contributed by atoms with Gasteiger partial charge in [0.2, 0.25) is 0 Å². The number of aliphatic hydroxyl groups excluding tert-OH is 1. The van der Waals surface area contributed by atoms with Crippen LogP contribution in [0.4, 0.5) is 0 Å². The fraction of sp³-hybridized carbons (Fsp3) is 0.955. The molecule has 0 radical (unpaired) electrons. The fourth-order valence-electron chi connectivity index (χ4n) is 6.52. The van der Waals surface area contributed by atoms with Gasteiger partial charge in [-0.25, -0.2) is 0 Å². The molecular formula is C44H87N3O5. The van der Waals surface area contributed by atoms with Crippen molar-refractivity contribution >= 4 is 11.9 Å². The van der Waals surface area contributed by atoms with Gasteiger partial charge in [-0.2, -0.15) is 0 Å². The summed E-state index contributed by atoms with van der Waals surface area (Å²) in [5.74, 6) is -0.160. The van der Waals surface area contributed by atoms with Gasteiger partial charge in [0, 0.05) is 37.3 Å². The summed E-state index contributed by atoms with van der Waals surface area (Å²) >= 11 is 0. The molecule has 0 amide bonds. The van der Waals surface area contributed by atoms with Crippen LogP contribution in [-0.4, -0.2) is 42.4 Å². The lowest BCUT2D eigenvalue weighted by Crippen LogP contribution is -2.19. The molecule has 0 aliphatic carbocycles. The minimum atomic E-state index is -0.0943. The normalized spacial score (nSPS) is 12.0. The van der Waals surface area contributed by atoms with Gasteiger partial charge in [-0.3, -0.25) is 9.59 Å². The Labute approximate surface area is 322 Å². The van der Waals surface area contributed by atoms with E-state index >= 15 is 0 Å². The Morgan fingerprint density at radius 2 is 0.788 bits per heavy atom. The molecule has 0 rings (SSSR count). The minimum absolute atomic E-state index is 0.0741. The second-order valence-corrected chi connectivity index (χ2v) is 15.0. The van der Waals surface area contributed by atoms with Gasteiger partial charge in [0.15, 0.2) is 0 Å². The molecule has 2 atom stereocenters. The summed E-state index contributed by atoms with van der Waals surface area (Å²) in [5, 5.41) is 12.7. The predicted molar refractivity (Wildman–Crippen MR) is 221 cm³/mol. The Kier molecular flexibility index (Phi) is 45.6. The van der Waals surface area contributed by atoms with E-state index in [1.165, 1.54) is 141 Å². The first-order chi connectivity index (χ1) is 25.5. The Balaban J connectivity index is 0. The number of azide groups is 1. The Morgan fingerprint density at radius 1 is 0.481 bits per heavy atom. The molecular weight excluding hydrogens is 650 g/mol. The van der Waals surface area contributed by atoms with Gasteiger partial charge in [0.1, 0.15) is 12.2 Å². The molecule has 0 heterocycles. The molecule has 1 N–H and O–H groups in total. The average Bonchev–Trinajstić information content (AvgIpc) is 3.13. The molecule has 0 unspecified atom stereocenters. The molecule has 0 saturated carbocycles. The Bertz CT molecular complexity index is 790. The zero-order valence-corrected chi connectivity index (χ0v) is 35.0. The summed E-state index contributed by atoms with van der Waals surface area (Å²) in [6.07, 6.45) is 38.5. The number of nitrogens with zero attached hydrogens (tertiary/aromatic N) is 3. The monoisotopic (exact) mass is 738 g/mol. The number of esters is 2. The molecule has 0 bridgehead atoms. The number of unbranched alkanes of at least 4 members (excludes halogenated alkanes) is 24. The van der Waals surface area contributed by atoms with Crippen LogP contribution in [0.3, 0.4) is 0 Å². The van der Waals surface area contributed by atoms with Crippen molar-refractivity contribution in [3.63, 3.8) is 0 Å². The number of carbonyl (C=O) groups excluding carboxylic acids is 2. The summed E-state index contributed by atoms with van der Waals surface area (Å²) in [6, 6.07) is 0. The molecule has 0 fully saturated rings. The van der Waals surface area contributed by atoms with E-state index in [4.69, 9.17) is 20.1 Å². The van der Waals surface area contributed by atoms with E-state index in [0.29, 0.717) is 32.2 Å². The van der Waals surface area contributed by atoms with Crippen LogP contribution in [0.5, 0.6) is 0 Å². The lowest BCUT2D eigenvalue weighted by Gasteiger charge is -2.17. The van der Waals surface area contributed by atoms with Crippen LogP contribution >= 0.6 is 0 Å². The highest BCUT2D eigenvalue weighted by atomic mass is 16.5. The molecule has 0 spiro atoms. The largest absolute Gasteiger partial charge is 0.462 e. The van der Waals surface area contributed by atoms with Gasteiger partial charge in [-0.05, 0) is 50.5 Å². The maximum atomic E-state index is 12.1. The number of ether oxygens (including phenoxy) is 2. The average molecular weight is 738 g/mol. The van der Waals surface area contributed by atoms with Gasteiger partial charge in [0.05, 0.1) is 0 Å². The van der Waals surface area contributed by atoms with Crippen molar-refractivity contribution < 1.29 is 24.2 Å². The highest BCUT2D eigenvalue weighted by Gasteiger charge is 2.15. The van der Waals surface area contributed by atoms with E-state index in [1.54, 1.807) is 0 Å². The van der Waals surface area contributed by atoms with Gasteiger partial charge in [-0.15, -0.1) is 0 Å². The summed E-state index contributed by atoms with van der Waals surface area (Å²) in [6.45, 7) is 9.41. The van der Waals surface area contributed by atoms with Crippen LogP contribution in [0.2, 0.25) is 0 Å². The third kappa shape index (κ3) is 42.6. The summed E-state index contributed by atoms with van der Waals surface area (Å²) in [5.41, 5.74) is 8.43. The highest BCUT2D eigenvalue weighted by molar-refractivity contribution is 5.69. The molecule has 52 heavy (non-hydrogen) atoms. The SMILES string of the molecule is CCCCCCCCCCCC(=O)O[C@@H](CCO)CCCCCCC.CCCCCCCCCCCC(=O)O[C@H](CCCCCCC)CCN=[N+]=[N-]. The second kappa shape index (κ2) is 45.4. The quantitative estimate of drug-likeness (QED) is 0.0221. The topological polar surface area (TPSA) is 122 Å². The van der Waals surface area contributed by atoms with Crippen molar-refractivity contribution in [3.05, 3.63) is 10.4 Å². The number of carbonyl (C=O) groups is 2. The van der Waals surface area contributed by atoms with Crippen LogP contribution in [-0.2, 0) is 19.1 Å². The smallest absolute Gasteiger partial charge is 0.306 e. The molecule has 0 saturated heterocycles. The molecule has 0 aromatic rings. The maximum Gasteiger partial charge on any atom is 0.306 e. The highest BCUT2D eigenvalue weighted by Crippen LogP contribution is 2.17. The van der Waals surface area contributed by atoms with Crippen LogP contribution in [0, 0.1) is 0 Å². The van der Waals surface area contributed by atoms with Crippen molar-refractivity contribution in [2.24, 2.45) is 5.11 Å². The Morgan fingerprint density at radius 3 is 1.12 bits per heavy atom. The van der Waals surface area contributed by atoms with Crippen LogP contribution < -0.4 is 0 Å². The van der Waals surface area contributed by atoms with Gasteiger partial charge in [-0.1, -0.05) is 187 Å². The summed E-state index contributed by atoms with van der Waals surface area (Å²) in [7, 11) is 0. The molecule has 0 aromatic heterocycles. The maximum absolute atomic E-state index is 12.1. The van der Waals surface area contributed by atoms with Crippen LogP contribution in [0.1, 0.15) is 246 Å². The zero-order chi connectivity index (χ0) is 38.6. The third-order valence-electron chi connectivity index (χ3n) is 9.89. The lowest BCUT2D eigenvalue weighted by molar-refractivity contribution is -0.151. The van der Waals surface area contributed by atoms with E-state index in [-0.39, 0.29) is 30.8 Å². The number of rotatable bonds is 39.